The van der Waals surface area contributed by atoms with E-state index in [1.165, 1.54) is 64.2 Å². The van der Waals surface area contributed by atoms with Gasteiger partial charge in [-0.05, 0) is 135 Å². The quantitative estimate of drug-likeness (QED) is 0.157. The van der Waals surface area contributed by atoms with Crippen molar-refractivity contribution in [3.05, 3.63) is 23.3 Å². The first-order valence-electron chi connectivity index (χ1n) is 17.4. The average molecular weight is 601 g/mol. The Bertz CT molecular complexity index is 995. The number of rotatable bonds is 8. The van der Waals surface area contributed by atoms with Crippen LogP contribution in [0.25, 0.3) is 0 Å². The van der Waals surface area contributed by atoms with Crippen molar-refractivity contribution >= 4 is 16.6 Å². The SMILES string of the molecule is C/C=C1/C[C@@H](CCCCO[Si](C)(C)C(C)(C)C)[C@H]2[C@@H]3CC=C4C[C@@H](O[Si](C)(C)C(C)(C)C)CC[C@]4(C)[C@H]3CC[C@]12C. The van der Waals surface area contributed by atoms with Crippen LogP contribution in [0.1, 0.15) is 127 Å². The van der Waals surface area contributed by atoms with Gasteiger partial charge in [-0.1, -0.05) is 85.1 Å². The third kappa shape index (κ3) is 6.34. The van der Waals surface area contributed by atoms with Crippen LogP contribution in [0, 0.1) is 34.5 Å². The predicted molar refractivity (Wildman–Crippen MR) is 183 cm³/mol. The third-order valence-electron chi connectivity index (χ3n) is 13.9. The van der Waals surface area contributed by atoms with E-state index >= 15 is 0 Å². The monoisotopic (exact) mass is 600 g/mol. The summed E-state index contributed by atoms with van der Waals surface area (Å²) in [7, 11) is -3.38. The highest BCUT2D eigenvalue weighted by Crippen LogP contribution is 2.68. The molecule has 2 nitrogen and oxygen atoms in total. The summed E-state index contributed by atoms with van der Waals surface area (Å²) in [5.74, 6) is 3.41. The Labute approximate surface area is 258 Å². The van der Waals surface area contributed by atoms with Gasteiger partial charge in [0.25, 0.3) is 0 Å². The fraction of sp³-hybridized carbons (Fsp3) is 0.892. The largest absolute Gasteiger partial charge is 0.417 e. The minimum absolute atomic E-state index is 0.284. The number of unbranched alkanes of at least 4 members (excludes halogenated alkanes) is 1. The maximum Gasteiger partial charge on any atom is 0.192 e. The Balaban J connectivity index is 1.46. The zero-order chi connectivity index (χ0) is 30.6. The fourth-order valence-corrected chi connectivity index (χ4v) is 11.7. The zero-order valence-corrected chi connectivity index (χ0v) is 31.6. The Hall–Kier alpha value is -0.166. The smallest absolute Gasteiger partial charge is 0.192 e. The molecule has 236 valence electrons. The molecule has 0 aromatic rings. The highest BCUT2D eigenvalue weighted by atomic mass is 28.4. The van der Waals surface area contributed by atoms with E-state index in [9.17, 15) is 0 Å². The molecule has 0 N–H and O–H groups in total. The van der Waals surface area contributed by atoms with Crippen molar-refractivity contribution in [1.29, 1.82) is 0 Å². The molecule has 0 spiro atoms. The van der Waals surface area contributed by atoms with E-state index in [1.54, 1.807) is 11.1 Å². The highest BCUT2D eigenvalue weighted by molar-refractivity contribution is 6.74. The number of hydrogen-bond acceptors (Lipinski definition) is 2. The molecule has 4 aliphatic carbocycles. The van der Waals surface area contributed by atoms with Crippen molar-refractivity contribution in [2.75, 3.05) is 6.61 Å². The minimum Gasteiger partial charge on any atom is -0.417 e. The van der Waals surface area contributed by atoms with Gasteiger partial charge in [0.15, 0.2) is 16.6 Å². The molecule has 0 radical (unpaired) electrons. The molecule has 4 heteroatoms. The van der Waals surface area contributed by atoms with Crippen LogP contribution < -0.4 is 0 Å². The zero-order valence-electron chi connectivity index (χ0n) is 29.6. The summed E-state index contributed by atoms with van der Waals surface area (Å²) in [6.45, 7) is 32.5. The molecule has 0 heterocycles. The van der Waals surface area contributed by atoms with Gasteiger partial charge in [0.2, 0.25) is 0 Å². The Morgan fingerprint density at radius 3 is 2.12 bits per heavy atom. The van der Waals surface area contributed by atoms with Gasteiger partial charge >= 0.3 is 0 Å². The normalized spacial score (nSPS) is 37.4. The molecule has 41 heavy (non-hydrogen) atoms. The summed E-state index contributed by atoms with van der Waals surface area (Å²) in [6.07, 6.45) is 18.9. The second-order valence-corrected chi connectivity index (χ2v) is 27.8. The van der Waals surface area contributed by atoms with Crippen LogP contribution in [0.5, 0.6) is 0 Å². The second kappa shape index (κ2) is 11.6. The molecule has 0 bridgehead atoms. The van der Waals surface area contributed by atoms with E-state index in [1.807, 2.05) is 0 Å². The molecular weight excluding hydrogens is 533 g/mol. The van der Waals surface area contributed by atoms with Gasteiger partial charge in [-0.25, -0.2) is 0 Å². The average Bonchev–Trinajstić information content (AvgIpc) is 3.14. The molecule has 0 unspecified atom stereocenters. The highest BCUT2D eigenvalue weighted by Gasteiger charge is 2.60. The second-order valence-electron chi connectivity index (χ2n) is 18.3. The van der Waals surface area contributed by atoms with E-state index in [4.69, 9.17) is 8.85 Å². The van der Waals surface area contributed by atoms with E-state index in [2.05, 4.69) is 101 Å². The first kappa shape index (κ1) is 33.7. The number of allylic oxidation sites excluding steroid dienone is 3. The Morgan fingerprint density at radius 2 is 1.51 bits per heavy atom. The van der Waals surface area contributed by atoms with Crippen LogP contribution in [0.15, 0.2) is 23.3 Å². The van der Waals surface area contributed by atoms with E-state index in [-0.39, 0.29) is 5.04 Å². The number of fused-ring (bicyclic) bond motifs is 5. The van der Waals surface area contributed by atoms with Crippen molar-refractivity contribution in [3.8, 4) is 0 Å². The van der Waals surface area contributed by atoms with Crippen LogP contribution in [-0.2, 0) is 8.85 Å². The Kier molecular flexibility index (Phi) is 9.57. The predicted octanol–water partition coefficient (Wildman–Crippen LogP) is 11.7. The number of hydrogen-bond donors (Lipinski definition) is 0. The Morgan fingerprint density at radius 1 is 0.878 bits per heavy atom. The summed E-state index contributed by atoms with van der Waals surface area (Å²) in [4.78, 5) is 0. The molecular formula is C37H68O2Si2. The first-order valence-corrected chi connectivity index (χ1v) is 23.3. The fourth-order valence-electron chi connectivity index (χ4n) is 9.24. The molecule has 0 aliphatic heterocycles. The van der Waals surface area contributed by atoms with Crippen molar-refractivity contribution in [2.24, 2.45) is 34.5 Å². The lowest BCUT2D eigenvalue weighted by atomic mass is 9.47. The lowest BCUT2D eigenvalue weighted by molar-refractivity contribution is -0.0415. The molecule has 4 aliphatic rings. The van der Waals surface area contributed by atoms with Gasteiger partial charge in [-0.3, -0.25) is 0 Å². The maximum atomic E-state index is 6.99. The molecule has 0 aromatic carbocycles. The first-order chi connectivity index (χ1) is 18.8. The van der Waals surface area contributed by atoms with Gasteiger partial charge in [0.1, 0.15) is 0 Å². The molecule has 3 saturated carbocycles. The van der Waals surface area contributed by atoms with Crippen molar-refractivity contribution in [2.45, 2.75) is 169 Å². The van der Waals surface area contributed by atoms with E-state index in [0.717, 1.165) is 30.3 Å². The topological polar surface area (TPSA) is 18.5 Å². The van der Waals surface area contributed by atoms with E-state index in [0.29, 0.717) is 22.0 Å². The molecule has 3 fully saturated rings. The summed E-state index contributed by atoms with van der Waals surface area (Å²) in [5, 5.41) is 0.587. The lowest BCUT2D eigenvalue weighted by Gasteiger charge is -2.58. The molecule has 4 rings (SSSR count). The van der Waals surface area contributed by atoms with Crippen LogP contribution in [0.3, 0.4) is 0 Å². The standard InChI is InChI=1S/C37H68O2Si2/c1-14-28-25-27(17-15-16-24-38-40(10,11)34(2,3)4)33-31-19-18-29-26-30(39-41(12,13)35(5,6)7)20-22-36(29,8)32(31)21-23-37(28,33)9/h14,18,27,30-33H,15-17,19-26H2,1-13H3/b28-14-/t27-,30+,31-,32+,33+,36+,37-/m1/s1. The van der Waals surface area contributed by atoms with Gasteiger partial charge in [-0.15, -0.1) is 0 Å². The van der Waals surface area contributed by atoms with Gasteiger partial charge in [0.05, 0.1) is 0 Å². The van der Waals surface area contributed by atoms with Crippen LogP contribution in [-0.4, -0.2) is 29.3 Å². The summed E-state index contributed by atoms with van der Waals surface area (Å²) < 4.78 is 13.5. The third-order valence-corrected chi connectivity index (χ3v) is 23.0. The molecule has 0 aromatic heterocycles. The van der Waals surface area contributed by atoms with Gasteiger partial charge < -0.3 is 8.85 Å². The minimum atomic E-state index is -1.74. The lowest BCUT2D eigenvalue weighted by Crippen LogP contribution is -2.52. The van der Waals surface area contributed by atoms with E-state index < -0.39 is 16.6 Å². The van der Waals surface area contributed by atoms with Crippen LogP contribution in [0.2, 0.25) is 36.3 Å². The molecule has 7 atom stereocenters. The maximum absolute atomic E-state index is 6.99. The van der Waals surface area contributed by atoms with Gasteiger partial charge in [-0.2, -0.15) is 0 Å². The summed E-state index contributed by atoms with van der Waals surface area (Å²) in [5.41, 5.74) is 4.36. The van der Waals surface area contributed by atoms with Crippen LogP contribution >= 0.6 is 0 Å². The van der Waals surface area contributed by atoms with Crippen molar-refractivity contribution < 1.29 is 8.85 Å². The van der Waals surface area contributed by atoms with Crippen LogP contribution in [0.4, 0.5) is 0 Å². The summed E-state index contributed by atoms with van der Waals surface area (Å²) in [6, 6.07) is 0. The van der Waals surface area contributed by atoms with Crippen molar-refractivity contribution in [3.63, 3.8) is 0 Å². The van der Waals surface area contributed by atoms with Crippen molar-refractivity contribution in [1.82, 2.24) is 0 Å². The van der Waals surface area contributed by atoms with Gasteiger partial charge in [0, 0.05) is 12.7 Å². The molecule has 0 amide bonds. The molecule has 0 saturated heterocycles. The summed E-state index contributed by atoms with van der Waals surface area (Å²) >= 11 is 0.